The molecule has 1 aliphatic rings. The number of nitrogens with two attached hydrogens (primary N) is 2. The Labute approximate surface area is 95.5 Å². The highest BCUT2D eigenvalue weighted by Crippen LogP contribution is 2.20. The Morgan fingerprint density at radius 2 is 1.88 bits per heavy atom. The maximum atomic E-state index is 11.5. The molecule has 5 heteroatoms. The average Bonchev–Trinajstić information content (AvgIpc) is 2.27. The molecule has 0 aromatic heterocycles. The zero-order chi connectivity index (χ0) is 12.0. The first-order valence-corrected chi connectivity index (χ1v) is 5.84. The Bertz CT molecular complexity index is 250. The fourth-order valence-corrected chi connectivity index (χ4v) is 1.85. The third-order valence-corrected chi connectivity index (χ3v) is 2.84. The van der Waals surface area contributed by atoms with Gasteiger partial charge in [-0.1, -0.05) is 6.42 Å². The van der Waals surface area contributed by atoms with E-state index in [-0.39, 0.29) is 18.9 Å². The number of amides is 1. The van der Waals surface area contributed by atoms with Crippen molar-refractivity contribution in [3.05, 3.63) is 0 Å². The van der Waals surface area contributed by atoms with Gasteiger partial charge in [0.1, 0.15) is 12.1 Å². The smallest absolute Gasteiger partial charge is 0.323 e. The lowest BCUT2D eigenvalue weighted by Gasteiger charge is -2.23. The molecule has 0 heterocycles. The van der Waals surface area contributed by atoms with Crippen molar-refractivity contribution in [2.75, 3.05) is 0 Å². The van der Waals surface area contributed by atoms with Gasteiger partial charge in [-0.25, -0.2) is 0 Å². The van der Waals surface area contributed by atoms with E-state index in [2.05, 4.69) is 0 Å². The average molecular weight is 228 g/mol. The van der Waals surface area contributed by atoms with Gasteiger partial charge >= 0.3 is 5.97 Å². The summed E-state index contributed by atoms with van der Waals surface area (Å²) < 4.78 is 5.27. The Hall–Kier alpha value is -1.10. The minimum absolute atomic E-state index is 0.0147. The Morgan fingerprint density at radius 1 is 1.25 bits per heavy atom. The fraction of sp³-hybridized carbons (Fsp3) is 0.818. The summed E-state index contributed by atoms with van der Waals surface area (Å²) in [5.41, 5.74) is 10.6. The topological polar surface area (TPSA) is 95.4 Å². The van der Waals surface area contributed by atoms with E-state index in [9.17, 15) is 9.59 Å². The first-order valence-electron chi connectivity index (χ1n) is 5.84. The number of esters is 1. The number of hydrogen-bond donors (Lipinski definition) is 2. The zero-order valence-electron chi connectivity index (χ0n) is 9.48. The number of carbonyl (C=O) groups is 2. The number of ether oxygens (including phenoxy) is 1. The highest BCUT2D eigenvalue weighted by Gasteiger charge is 2.22. The Morgan fingerprint density at radius 3 is 2.44 bits per heavy atom. The van der Waals surface area contributed by atoms with E-state index in [0.717, 1.165) is 25.7 Å². The molecule has 0 radical (unpaired) electrons. The van der Waals surface area contributed by atoms with Crippen LogP contribution in [0.15, 0.2) is 0 Å². The van der Waals surface area contributed by atoms with Crippen LogP contribution in [0.3, 0.4) is 0 Å². The van der Waals surface area contributed by atoms with Crippen LogP contribution in [0.4, 0.5) is 0 Å². The van der Waals surface area contributed by atoms with Crippen LogP contribution in [0.2, 0.25) is 0 Å². The summed E-state index contributed by atoms with van der Waals surface area (Å²) in [7, 11) is 0. The first kappa shape index (κ1) is 13.0. The summed E-state index contributed by atoms with van der Waals surface area (Å²) in [6.07, 6.45) is 5.68. The Balaban J connectivity index is 2.24. The summed E-state index contributed by atoms with van der Waals surface area (Å²) in [5.74, 6) is -0.853. The molecule has 0 bridgehead atoms. The SMILES string of the molecule is NC(=O)CC[C@H](N)C(=O)OC1CCCCC1. The molecule has 0 aromatic rings. The largest absolute Gasteiger partial charge is 0.461 e. The van der Waals surface area contributed by atoms with Gasteiger partial charge in [-0.2, -0.15) is 0 Å². The van der Waals surface area contributed by atoms with E-state index >= 15 is 0 Å². The second-order valence-electron chi connectivity index (χ2n) is 4.31. The van der Waals surface area contributed by atoms with Gasteiger partial charge in [0.15, 0.2) is 0 Å². The number of primary amides is 1. The molecule has 1 fully saturated rings. The molecule has 0 unspecified atom stereocenters. The van der Waals surface area contributed by atoms with Crippen molar-refractivity contribution in [2.24, 2.45) is 11.5 Å². The molecule has 0 saturated heterocycles. The van der Waals surface area contributed by atoms with E-state index < -0.39 is 17.9 Å². The lowest BCUT2D eigenvalue weighted by Crippen LogP contribution is -2.36. The summed E-state index contributed by atoms with van der Waals surface area (Å²) >= 11 is 0. The van der Waals surface area contributed by atoms with Gasteiger partial charge in [-0.05, 0) is 32.1 Å². The monoisotopic (exact) mass is 228 g/mol. The predicted molar refractivity (Wildman–Crippen MR) is 59.4 cm³/mol. The molecule has 16 heavy (non-hydrogen) atoms. The fourth-order valence-electron chi connectivity index (χ4n) is 1.85. The molecule has 1 saturated carbocycles. The zero-order valence-corrected chi connectivity index (χ0v) is 9.48. The van der Waals surface area contributed by atoms with Crippen molar-refractivity contribution in [1.29, 1.82) is 0 Å². The van der Waals surface area contributed by atoms with Crippen LogP contribution in [0, 0.1) is 0 Å². The second-order valence-corrected chi connectivity index (χ2v) is 4.31. The molecule has 0 aromatic carbocycles. The third kappa shape index (κ3) is 4.61. The van der Waals surface area contributed by atoms with Crippen LogP contribution in [0.1, 0.15) is 44.9 Å². The minimum Gasteiger partial charge on any atom is -0.461 e. The molecule has 5 nitrogen and oxygen atoms in total. The van der Waals surface area contributed by atoms with E-state index in [1.807, 2.05) is 0 Å². The highest BCUT2D eigenvalue weighted by molar-refractivity contribution is 5.78. The second kappa shape index (κ2) is 6.48. The standard InChI is InChI=1S/C11H20N2O3/c12-9(6-7-10(13)14)11(15)16-8-4-2-1-3-5-8/h8-9H,1-7,12H2,(H2,13,14)/t9-/m0/s1. The van der Waals surface area contributed by atoms with Crippen molar-refractivity contribution in [2.45, 2.75) is 57.1 Å². The molecule has 1 rings (SSSR count). The van der Waals surface area contributed by atoms with Gasteiger partial charge in [0.05, 0.1) is 0 Å². The van der Waals surface area contributed by atoms with Gasteiger partial charge in [0, 0.05) is 6.42 Å². The van der Waals surface area contributed by atoms with E-state index in [0.29, 0.717) is 0 Å². The lowest BCUT2D eigenvalue weighted by molar-refractivity contribution is -0.152. The Kier molecular flexibility index (Phi) is 5.25. The van der Waals surface area contributed by atoms with Crippen LogP contribution >= 0.6 is 0 Å². The molecular weight excluding hydrogens is 208 g/mol. The van der Waals surface area contributed by atoms with Crippen molar-refractivity contribution < 1.29 is 14.3 Å². The highest BCUT2D eigenvalue weighted by atomic mass is 16.5. The number of rotatable bonds is 5. The molecule has 1 aliphatic carbocycles. The summed E-state index contributed by atoms with van der Waals surface area (Å²) in [5, 5.41) is 0. The van der Waals surface area contributed by atoms with E-state index in [4.69, 9.17) is 16.2 Å². The van der Waals surface area contributed by atoms with Gasteiger partial charge in [0.2, 0.25) is 5.91 Å². The molecule has 4 N–H and O–H groups in total. The van der Waals surface area contributed by atoms with Crippen molar-refractivity contribution in [1.82, 2.24) is 0 Å². The van der Waals surface area contributed by atoms with E-state index in [1.54, 1.807) is 0 Å². The van der Waals surface area contributed by atoms with Crippen LogP contribution in [-0.4, -0.2) is 24.0 Å². The van der Waals surface area contributed by atoms with Crippen molar-refractivity contribution >= 4 is 11.9 Å². The molecule has 92 valence electrons. The molecule has 0 aliphatic heterocycles. The maximum absolute atomic E-state index is 11.5. The van der Waals surface area contributed by atoms with Gasteiger partial charge in [0.25, 0.3) is 0 Å². The summed E-state index contributed by atoms with van der Waals surface area (Å²) in [6.45, 7) is 0. The predicted octanol–water partition coefficient (Wildman–Crippen LogP) is 0.455. The van der Waals surface area contributed by atoms with Crippen LogP contribution in [-0.2, 0) is 14.3 Å². The number of carbonyl (C=O) groups excluding carboxylic acids is 2. The van der Waals surface area contributed by atoms with Gasteiger partial charge in [-0.15, -0.1) is 0 Å². The normalized spacial score (nSPS) is 19.1. The van der Waals surface area contributed by atoms with Crippen molar-refractivity contribution in [3.63, 3.8) is 0 Å². The lowest BCUT2D eigenvalue weighted by atomic mass is 9.98. The van der Waals surface area contributed by atoms with Gasteiger partial charge < -0.3 is 16.2 Å². The summed E-state index contributed by atoms with van der Waals surface area (Å²) in [4.78, 5) is 22.1. The van der Waals surface area contributed by atoms with Crippen molar-refractivity contribution in [3.8, 4) is 0 Å². The third-order valence-electron chi connectivity index (χ3n) is 2.84. The molecular formula is C11H20N2O3. The van der Waals surface area contributed by atoms with Crippen LogP contribution in [0.5, 0.6) is 0 Å². The van der Waals surface area contributed by atoms with E-state index in [1.165, 1.54) is 6.42 Å². The van der Waals surface area contributed by atoms with Crippen LogP contribution in [0.25, 0.3) is 0 Å². The maximum Gasteiger partial charge on any atom is 0.323 e. The first-order chi connectivity index (χ1) is 7.59. The quantitative estimate of drug-likeness (QED) is 0.668. The molecule has 1 amide bonds. The molecule has 1 atom stereocenters. The number of hydrogen-bond acceptors (Lipinski definition) is 4. The minimum atomic E-state index is -0.727. The van der Waals surface area contributed by atoms with Gasteiger partial charge in [-0.3, -0.25) is 9.59 Å². The molecule has 0 spiro atoms. The van der Waals surface area contributed by atoms with Crippen LogP contribution < -0.4 is 11.5 Å². The summed E-state index contributed by atoms with van der Waals surface area (Å²) in [6, 6.07) is -0.727.